The van der Waals surface area contributed by atoms with Crippen molar-refractivity contribution < 1.29 is 4.92 Å². The zero-order chi connectivity index (χ0) is 12.3. The predicted molar refractivity (Wildman–Crippen MR) is 73.5 cm³/mol. The third-order valence-electron chi connectivity index (χ3n) is 2.13. The van der Waals surface area contributed by atoms with Gasteiger partial charge in [0.05, 0.1) is 4.92 Å². The van der Waals surface area contributed by atoms with Gasteiger partial charge in [0.25, 0.3) is 0 Å². The van der Waals surface area contributed by atoms with Crippen LogP contribution in [0.15, 0.2) is 27.4 Å². The van der Waals surface area contributed by atoms with Gasteiger partial charge in [-0.2, -0.15) is 0 Å². The molecule has 90 valence electrons. The molecule has 4 nitrogen and oxygen atoms in total. The van der Waals surface area contributed by atoms with Gasteiger partial charge in [-0.3, -0.25) is 10.1 Å². The Morgan fingerprint density at radius 3 is 2.82 bits per heavy atom. The third-order valence-corrected chi connectivity index (χ3v) is 4.98. The highest BCUT2D eigenvalue weighted by Gasteiger charge is 2.09. The van der Waals surface area contributed by atoms with Crippen molar-refractivity contribution in [3.05, 3.63) is 47.9 Å². The minimum Gasteiger partial charge on any atom is -0.308 e. The number of hydrogen-bond donors (Lipinski definition) is 1. The van der Waals surface area contributed by atoms with Gasteiger partial charge in [0.15, 0.2) is 0 Å². The Hall–Kier alpha value is -0.760. The minimum atomic E-state index is -0.357. The quantitative estimate of drug-likeness (QED) is 0.669. The van der Waals surface area contributed by atoms with E-state index in [1.165, 1.54) is 4.88 Å². The number of thiophene rings is 2. The molecule has 0 aromatic carbocycles. The van der Waals surface area contributed by atoms with Gasteiger partial charge in [-0.1, -0.05) is 11.3 Å². The summed E-state index contributed by atoms with van der Waals surface area (Å²) in [6, 6.07) is 3.62. The number of nitro groups is 1. The Kier molecular flexibility index (Phi) is 4.27. The van der Waals surface area contributed by atoms with E-state index < -0.39 is 0 Å². The number of halogens is 1. The molecule has 0 bridgehead atoms. The van der Waals surface area contributed by atoms with E-state index in [2.05, 4.69) is 21.2 Å². The first-order valence-corrected chi connectivity index (χ1v) is 7.36. The van der Waals surface area contributed by atoms with Crippen LogP contribution >= 0.6 is 38.6 Å². The lowest BCUT2D eigenvalue weighted by Gasteiger charge is -2.01. The molecule has 0 atom stereocenters. The van der Waals surface area contributed by atoms with Gasteiger partial charge < -0.3 is 5.32 Å². The first-order chi connectivity index (χ1) is 8.16. The van der Waals surface area contributed by atoms with E-state index in [-0.39, 0.29) is 9.92 Å². The van der Waals surface area contributed by atoms with Gasteiger partial charge in [0.1, 0.15) is 0 Å². The topological polar surface area (TPSA) is 55.2 Å². The summed E-state index contributed by atoms with van der Waals surface area (Å²) in [6.45, 7) is 1.41. The molecule has 2 heterocycles. The Labute approximate surface area is 115 Å². The summed E-state index contributed by atoms with van der Waals surface area (Å²) in [5.74, 6) is 0. The Balaban J connectivity index is 1.86. The van der Waals surface area contributed by atoms with Crippen LogP contribution in [-0.2, 0) is 13.1 Å². The van der Waals surface area contributed by atoms with Gasteiger partial charge in [-0.05, 0) is 32.9 Å². The molecule has 2 aromatic rings. The van der Waals surface area contributed by atoms with Crippen LogP contribution in [0.25, 0.3) is 0 Å². The zero-order valence-electron chi connectivity index (χ0n) is 8.68. The summed E-state index contributed by atoms with van der Waals surface area (Å²) in [5.41, 5.74) is 0.953. The molecule has 0 fully saturated rings. The van der Waals surface area contributed by atoms with Crippen molar-refractivity contribution in [1.29, 1.82) is 0 Å². The molecular weight excluding hydrogens is 324 g/mol. The van der Waals surface area contributed by atoms with Crippen LogP contribution in [-0.4, -0.2) is 4.92 Å². The van der Waals surface area contributed by atoms with Crippen LogP contribution in [0.1, 0.15) is 10.4 Å². The van der Waals surface area contributed by atoms with Crippen molar-refractivity contribution in [2.75, 3.05) is 0 Å². The molecule has 0 radical (unpaired) electrons. The molecule has 0 aliphatic rings. The molecule has 0 amide bonds. The number of nitrogens with one attached hydrogen (secondary N) is 1. The highest BCUT2D eigenvalue weighted by molar-refractivity contribution is 9.10. The zero-order valence-corrected chi connectivity index (χ0v) is 11.9. The second-order valence-electron chi connectivity index (χ2n) is 3.35. The Morgan fingerprint density at radius 2 is 2.24 bits per heavy atom. The molecule has 0 aliphatic carbocycles. The molecular formula is C10H9BrN2O2S2. The van der Waals surface area contributed by atoms with Crippen LogP contribution in [0.3, 0.4) is 0 Å². The van der Waals surface area contributed by atoms with E-state index in [4.69, 9.17) is 0 Å². The summed E-state index contributed by atoms with van der Waals surface area (Å²) in [7, 11) is 0. The highest BCUT2D eigenvalue weighted by Crippen LogP contribution is 2.24. The standard InChI is InChI=1S/C10H9BrN2O2S2/c11-8-1-2-16-9(8)5-12-4-7-3-10(13(14)15)17-6-7/h1-3,6,12H,4-5H2. The fourth-order valence-electron chi connectivity index (χ4n) is 1.32. The van der Waals surface area contributed by atoms with Crippen LogP contribution in [0.5, 0.6) is 0 Å². The smallest absolute Gasteiger partial charge is 0.308 e. The van der Waals surface area contributed by atoms with Crippen molar-refractivity contribution >= 4 is 43.6 Å². The lowest BCUT2D eigenvalue weighted by atomic mass is 10.3. The summed E-state index contributed by atoms with van der Waals surface area (Å²) >= 11 is 6.30. The molecule has 7 heteroatoms. The Bertz CT molecular complexity index is 524. The molecule has 0 unspecified atom stereocenters. The predicted octanol–water partition coefficient (Wildman–Crippen LogP) is 3.77. The van der Waals surface area contributed by atoms with E-state index in [0.717, 1.165) is 27.9 Å². The summed E-state index contributed by atoms with van der Waals surface area (Å²) in [5, 5.41) is 17.8. The molecule has 2 rings (SSSR count). The number of rotatable bonds is 5. The van der Waals surface area contributed by atoms with Crippen LogP contribution in [0, 0.1) is 10.1 Å². The average molecular weight is 333 g/mol. The SMILES string of the molecule is O=[N+]([O-])c1cc(CNCc2sccc2Br)cs1. The van der Waals surface area contributed by atoms with E-state index in [0.29, 0.717) is 6.54 Å². The molecule has 0 aliphatic heterocycles. The summed E-state index contributed by atoms with van der Waals surface area (Å²) in [4.78, 5) is 11.4. The normalized spacial score (nSPS) is 10.6. The fourth-order valence-corrected chi connectivity index (χ4v) is 3.51. The Morgan fingerprint density at radius 1 is 1.41 bits per heavy atom. The summed E-state index contributed by atoms with van der Waals surface area (Å²) < 4.78 is 1.10. The third kappa shape index (κ3) is 3.35. The van der Waals surface area contributed by atoms with Gasteiger partial charge in [0, 0.05) is 33.9 Å². The number of nitrogens with zero attached hydrogens (tertiary/aromatic N) is 1. The van der Waals surface area contributed by atoms with E-state index in [9.17, 15) is 10.1 Å². The molecule has 0 spiro atoms. The van der Waals surface area contributed by atoms with Gasteiger partial charge in [-0.15, -0.1) is 11.3 Å². The molecule has 17 heavy (non-hydrogen) atoms. The monoisotopic (exact) mass is 332 g/mol. The van der Waals surface area contributed by atoms with Crippen molar-refractivity contribution in [2.45, 2.75) is 13.1 Å². The minimum absolute atomic E-state index is 0.194. The van der Waals surface area contributed by atoms with Gasteiger partial charge >= 0.3 is 5.00 Å². The largest absolute Gasteiger partial charge is 0.324 e. The lowest BCUT2D eigenvalue weighted by molar-refractivity contribution is -0.380. The van der Waals surface area contributed by atoms with Crippen molar-refractivity contribution in [1.82, 2.24) is 5.32 Å². The van der Waals surface area contributed by atoms with Crippen molar-refractivity contribution in [3.63, 3.8) is 0 Å². The van der Waals surface area contributed by atoms with Crippen LogP contribution in [0.2, 0.25) is 0 Å². The van der Waals surface area contributed by atoms with Crippen LogP contribution in [0.4, 0.5) is 5.00 Å². The second kappa shape index (κ2) is 5.72. The van der Waals surface area contributed by atoms with Gasteiger partial charge in [-0.25, -0.2) is 0 Å². The fraction of sp³-hybridized carbons (Fsp3) is 0.200. The maximum absolute atomic E-state index is 10.5. The number of hydrogen-bond acceptors (Lipinski definition) is 5. The van der Waals surface area contributed by atoms with Gasteiger partial charge in [0.2, 0.25) is 0 Å². The van der Waals surface area contributed by atoms with E-state index in [1.807, 2.05) is 16.8 Å². The maximum Gasteiger partial charge on any atom is 0.324 e. The average Bonchev–Trinajstić information content (AvgIpc) is 2.89. The first-order valence-electron chi connectivity index (χ1n) is 4.81. The first kappa shape index (κ1) is 12.7. The molecule has 0 saturated heterocycles. The van der Waals surface area contributed by atoms with Crippen molar-refractivity contribution in [3.8, 4) is 0 Å². The maximum atomic E-state index is 10.5. The van der Waals surface area contributed by atoms with E-state index >= 15 is 0 Å². The molecule has 0 saturated carbocycles. The van der Waals surface area contributed by atoms with Crippen LogP contribution < -0.4 is 5.32 Å². The summed E-state index contributed by atoms with van der Waals surface area (Å²) in [6.07, 6.45) is 0. The van der Waals surface area contributed by atoms with E-state index in [1.54, 1.807) is 17.4 Å². The molecule has 1 N–H and O–H groups in total. The molecule has 2 aromatic heterocycles. The highest BCUT2D eigenvalue weighted by atomic mass is 79.9. The lowest BCUT2D eigenvalue weighted by Crippen LogP contribution is -2.11. The van der Waals surface area contributed by atoms with Crippen molar-refractivity contribution in [2.24, 2.45) is 0 Å². The second-order valence-corrected chi connectivity index (χ2v) is 6.09.